The highest BCUT2D eigenvalue weighted by Crippen LogP contribution is 2.28. The van der Waals surface area contributed by atoms with E-state index in [-0.39, 0.29) is 11.4 Å². The summed E-state index contributed by atoms with van der Waals surface area (Å²) in [6.45, 7) is 4.81. The molecule has 2 aromatic rings. The summed E-state index contributed by atoms with van der Waals surface area (Å²) >= 11 is 0. The Morgan fingerprint density at radius 1 is 0.870 bits per heavy atom. The third-order valence-corrected chi connectivity index (χ3v) is 4.18. The normalized spacial score (nSPS) is 11.2. The molecule has 0 saturated heterocycles. The molecule has 0 aliphatic heterocycles. The monoisotopic (exact) mass is 310 g/mol. The number of carbonyl (C=O) groups excluding carboxylic acids is 1. The van der Waals surface area contributed by atoms with Crippen molar-refractivity contribution in [2.75, 3.05) is 0 Å². The minimum Gasteiger partial charge on any atom is -0.461 e. The molecule has 2 rings (SSSR count). The fourth-order valence-corrected chi connectivity index (χ4v) is 2.50. The molecule has 0 heterocycles. The number of ether oxygens (including phenoxy) is 1. The quantitative estimate of drug-likeness (QED) is 0.629. The van der Waals surface area contributed by atoms with E-state index in [1.807, 2.05) is 36.4 Å². The molecule has 0 N–H and O–H groups in total. The van der Waals surface area contributed by atoms with Gasteiger partial charge in [-0.3, -0.25) is 4.79 Å². The lowest BCUT2D eigenvalue weighted by molar-refractivity contribution is -0.145. The van der Waals surface area contributed by atoms with Crippen molar-refractivity contribution < 1.29 is 9.53 Å². The average Bonchev–Trinajstić information content (AvgIpc) is 2.58. The largest absolute Gasteiger partial charge is 0.461 e. The van der Waals surface area contributed by atoms with Crippen LogP contribution >= 0.6 is 0 Å². The van der Waals surface area contributed by atoms with Crippen molar-refractivity contribution in [2.24, 2.45) is 5.41 Å². The van der Waals surface area contributed by atoms with Crippen LogP contribution in [0.25, 0.3) is 0 Å². The number of hydrogen-bond acceptors (Lipinski definition) is 2. The highest BCUT2D eigenvalue weighted by Gasteiger charge is 2.19. The maximum absolute atomic E-state index is 11.9. The Morgan fingerprint density at radius 3 is 2.04 bits per heavy atom. The maximum atomic E-state index is 11.9. The highest BCUT2D eigenvalue weighted by molar-refractivity contribution is 5.69. The van der Waals surface area contributed by atoms with Gasteiger partial charge in [-0.25, -0.2) is 0 Å². The summed E-state index contributed by atoms with van der Waals surface area (Å²) in [6.07, 6.45) is 3.46. The molecule has 2 nitrogen and oxygen atoms in total. The molecule has 0 radical (unpaired) electrons. The summed E-state index contributed by atoms with van der Waals surface area (Å²) in [7, 11) is 0. The minimum absolute atomic E-state index is 0.110. The van der Waals surface area contributed by atoms with Crippen LogP contribution in [0, 0.1) is 5.41 Å². The summed E-state index contributed by atoms with van der Waals surface area (Å²) in [5.41, 5.74) is 2.53. The van der Waals surface area contributed by atoms with Gasteiger partial charge < -0.3 is 4.74 Å². The van der Waals surface area contributed by atoms with Crippen LogP contribution in [0.2, 0.25) is 0 Å². The van der Waals surface area contributed by atoms with Gasteiger partial charge in [-0.1, -0.05) is 74.5 Å². The van der Waals surface area contributed by atoms with Crippen molar-refractivity contribution in [3.8, 4) is 0 Å². The number of aryl methyl sites for hydroxylation is 1. The van der Waals surface area contributed by atoms with E-state index >= 15 is 0 Å². The second-order valence-corrected chi connectivity index (χ2v) is 6.80. The van der Waals surface area contributed by atoms with Crippen molar-refractivity contribution >= 4 is 5.97 Å². The lowest BCUT2D eigenvalue weighted by Crippen LogP contribution is -2.16. The summed E-state index contributed by atoms with van der Waals surface area (Å²) in [5.74, 6) is -0.110. The standard InChI is InChI=1S/C21H26O2/c1-21(2,15-13-18-9-5-3-6-10-18)16-14-20(22)23-17-19-11-7-4-8-12-19/h3-12H,13-17H2,1-2H3. The highest BCUT2D eigenvalue weighted by atomic mass is 16.5. The number of rotatable bonds is 8. The lowest BCUT2D eigenvalue weighted by Gasteiger charge is -2.24. The number of esters is 1. The van der Waals surface area contributed by atoms with Gasteiger partial charge in [0.15, 0.2) is 0 Å². The number of benzene rings is 2. The summed E-state index contributed by atoms with van der Waals surface area (Å²) in [5, 5.41) is 0. The predicted molar refractivity (Wildman–Crippen MR) is 94.0 cm³/mol. The fourth-order valence-electron chi connectivity index (χ4n) is 2.50. The summed E-state index contributed by atoms with van der Waals surface area (Å²) < 4.78 is 5.35. The molecular formula is C21H26O2. The van der Waals surface area contributed by atoms with E-state index in [0.717, 1.165) is 24.8 Å². The van der Waals surface area contributed by atoms with Gasteiger partial charge in [-0.05, 0) is 35.8 Å². The molecule has 0 unspecified atom stereocenters. The van der Waals surface area contributed by atoms with Crippen LogP contribution in [0.5, 0.6) is 0 Å². The van der Waals surface area contributed by atoms with Crippen LogP contribution in [0.1, 0.15) is 44.2 Å². The molecule has 0 aromatic heterocycles. The summed E-state index contributed by atoms with van der Waals surface area (Å²) in [6, 6.07) is 20.3. The van der Waals surface area contributed by atoms with Crippen LogP contribution in [0.4, 0.5) is 0 Å². The van der Waals surface area contributed by atoms with E-state index in [1.165, 1.54) is 5.56 Å². The Balaban J connectivity index is 1.69. The lowest BCUT2D eigenvalue weighted by atomic mass is 9.82. The Morgan fingerprint density at radius 2 is 1.43 bits per heavy atom. The van der Waals surface area contributed by atoms with Crippen LogP contribution in [0.3, 0.4) is 0 Å². The first-order valence-corrected chi connectivity index (χ1v) is 8.29. The SMILES string of the molecule is CC(C)(CCC(=O)OCc1ccccc1)CCc1ccccc1. The van der Waals surface area contributed by atoms with Gasteiger partial charge in [-0.15, -0.1) is 0 Å². The van der Waals surface area contributed by atoms with Gasteiger partial charge in [-0.2, -0.15) is 0 Å². The minimum atomic E-state index is -0.110. The van der Waals surface area contributed by atoms with E-state index in [2.05, 4.69) is 38.1 Å². The molecular weight excluding hydrogens is 284 g/mol. The molecule has 0 aliphatic carbocycles. The zero-order valence-corrected chi connectivity index (χ0v) is 14.1. The maximum Gasteiger partial charge on any atom is 0.306 e. The molecule has 23 heavy (non-hydrogen) atoms. The Labute approximate surface area is 139 Å². The third kappa shape index (κ3) is 6.68. The Kier molecular flexibility index (Phi) is 6.40. The fraction of sp³-hybridized carbons (Fsp3) is 0.381. The smallest absolute Gasteiger partial charge is 0.306 e. The van der Waals surface area contributed by atoms with Crippen molar-refractivity contribution in [2.45, 2.75) is 46.1 Å². The third-order valence-electron chi connectivity index (χ3n) is 4.18. The van der Waals surface area contributed by atoms with Gasteiger partial charge in [0.1, 0.15) is 6.61 Å². The van der Waals surface area contributed by atoms with Crippen LogP contribution in [0.15, 0.2) is 60.7 Å². The second-order valence-electron chi connectivity index (χ2n) is 6.80. The van der Waals surface area contributed by atoms with Crippen LogP contribution in [-0.2, 0) is 22.6 Å². The number of hydrogen-bond donors (Lipinski definition) is 0. The Bertz CT molecular complexity index is 588. The molecule has 0 saturated carbocycles. The molecule has 0 bridgehead atoms. The first-order chi connectivity index (χ1) is 11.1. The van der Waals surface area contributed by atoms with Gasteiger partial charge >= 0.3 is 5.97 Å². The van der Waals surface area contributed by atoms with E-state index in [9.17, 15) is 4.79 Å². The van der Waals surface area contributed by atoms with Crippen LogP contribution in [-0.4, -0.2) is 5.97 Å². The van der Waals surface area contributed by atoms with E-state index < -0.39 is 0 Å². The second kappa shape index (κ2) is 8.52. The molecule has 0 fully saturated rings. The van der Waals surface area contributed by atoms with E-state index in [4.69, 9.17) is 4.74 Å². The zero-order valence-electron chi connectivity index (χ0n) is 14.1. The molecule has 2 heteroatoms. The predicted octanol–water partition coefficient (Wildman–Crippen LogP) is 5.17. The molecule has 0 atom stereocenters. The van der Waals surface area contributed by atoms with Gasteiger partial charge in [0.2, 0.25) is 0 Å². The number of carbonyl (C=O) groups is 1. The van der Waals surface area contributed by atoms with Gasteiger partial charge in [0.25, 0.3) is 0 Å². The molecule has 0 aliphatic rings. The summed E-state index contributed by atoms with van der Waals surface area (Å²) in [4.78, 5) is 11.9. The zero-order chi connectivity index (χ0) is 16.5. The first-order valence-electron chi connectivity index (χ1n) is 8.29. The van der Waals surface area contributed by atoms with Crippen molar-refractivity contribution in [3.63, 3.8) is 0 Å². The van der Waals surface area contributed by atoms with Crippen molar-refractivity contribution in [3.05, 3.63) is 71.8 Å². The average molecular weight is 310 g/mol. The van der Waals surface area contributed by atoms with Gasteiger partial charge in [0.05, 0.1) is 0 Å². The van der Waals surface area contributed by atoms with Crippen molar-refractivity contribution in [1.29, 1.82) is 0 Å². The van der Waals surface area contributed by atoms with E-state index in [1.54, 1.807) is 0 Å². The molecule has 122 valence electrons. The van der Waals surface area contributed by atoms with Gasteiger partial charge in [0, 0.05) is 6.42 Å². The molecule has 2 aromatic carbocycles. The van der Waals surface area contributed by atoms with E-state index in [0.29, 0.717) is 13.0 Å². The molecule has 0 spiro atoms. The first kappa shape index (κ1) is 17.3. The topological polar surface area (TPSA) is 26.3 Å². The molecule has 0 amide bonds. The van der Waals surface area contributed by atoms with Crippen LogP contribution < -0.4 is 0 Å². The van der Waals surface area contributed by atoms with Crippen molar-refractivity contribution in [1.82, 2.24) is 0 Å². The Hall–Kier alpha value is -2.09.